The van der Waals surface area contributed by atoms with Crippen LogP contribution in [0.2, 0.25) is 0 Å². The predicted octanol–water partition coefficient (Wildman–Crippen LogP) is 2.72. The van der Waals surface area contributed by atoms with Crippen LogP contribution < -0.4 is 11.2 Å². The maximum Gasteiger partial charge on any atom is 0.294 e. The van der Waals surface area contributed by atoms with E-state index in [1.807, 2.05) is 42.5 Å². The Morgan fingerprint density at radius 2 is 1.86 bits per heavy atom. The van der Waals surface area contributed by atoms with E-state index < -0.39 is 10.8 Å². The highest BCUT2D eigenvalue weighted by Crippen LogP contribution is 2.28. The highest BCUT2D eigenvalue weighted by atomic mass is 16.6. The average molecular weight is 469 g/mol. The third-order valence-corrected chi connectivity index (χ3v) is 5.13. The number of hydrogen-bond donors (Lipinski definition) is 2. The number of nitrogens with two attached hydrogens (primary N) is 1. The van der Waals surface area contributed by atoms with Gasteiger partial charge in [-0.05, 0) is 33.2 Å². The summed E-state index contributed by atoms with van der Waals surface area (Å²) in [5.74, 6) is -0.751. The third kappa shape index (κ3) is 4.04. The Morgan fingerprint density at radius 3 is 2.60 bits per heavy atom. The minimum Gasteiger partial charge on any atom is -0.378 e. The molecule has 0 bridgehead atoms. The first-order valence-electron chi connectivity index (χ1n) is 10.1. The van der Waals surface area contributed by atoms with Crippen LogP contribution in [0.5, 0.6) is 0 Å². The summed E-state index contributed by atoms with van der Waals surface area (Å²) in [7, 11) is 0. The zero-order valence-corrected chi connectivity index (χ0v) is 17.8. The molecule has 5 aromatic rings. The summed E-state index contributed by atoms with van der Waals surface area (Å²) in [6, 6.07) is 19.0. The summed E-state index contributed by atoms with van der Waals surface area (Å²) < 4.78 is 5.80. The van der Waals surface area contributed by atoms with Crippen molar-refractivity contribution in [2.24, 2.45) is 5.10 Å². The van der Waals surface area contributed by atoms with Gasteiger partial charge in [-0.25, -0.2) is 10.1 Å². The molecule has 3 N–H and O–H groups in total. The van der Waals surface area contributed by atoms with Crippen molar-refractivity contribution in [3.8, 4) is 17.1 Å². The van der Waals surface area contributed by atoms with Gasteiger partial charge in [0.1, 0.15) is 5.69 Å². The van der Waals surface area contributed by atoms with E-state index >= 15 is 0 Å². The Balaban J connectivity index is 1.50. The van der Waals surface area contributed by atoms with E-state index in [0.29, 0.717) is 5.56 Å². The van der Waals surface area contributed by atoms with Gasteiger partial charge in [0.05, 0.1) is 11.1 Å². The second kappa shape index (κ2) is 8.82. The second-order valence-electron chi connectivity index (χ2n) is 7.24. The van der Waals surface area contributed by atoms with Gasteiger partial charge in [-0.2, -0.15) is 9.78 Å². The molecule has 0 aliphatic heterocycles. The number of nitro groups is 1. The van der Waals surface area contributed by atoms with Gasteiger partial charge in [0, 0.05) is 23.3 Å². The van der Waals surface area contributed by atoms with Gasteiger partial charge in [-0.3, -0.25) is 14.9 Å². The van der Waals surface area contributed by atoms with Gasteiger partial charge in [0.15, 0.2) is 5.69 Å². The number of fused-ring (bicyclic) bond motifs is 1. The molecular weight excluding hydrogens is 454 g/mol. The lowest BCUT2D eigenvalue weighted by Crippen LogP contribution is -2.19. The molecule has 0 radical (unpaired) electrons. The van der Waals surface area contributed by atoms with Gasteiger partial charge >= 0.3 is 0 Å². The summed E-state index contributed by atoms with van der Waals surface area (Å²) in [4.78, 5) is 23.5. The Hall–Kier alpha value is -5.46. The number of nitrogens with zero attached hydrogens (tertiary/aromatic N) is 7. The number of nitro benzene ring substituents is 1. The van der Waals surface area contributed by atoms with Gasteiger partial charge in [0.25, 0.3) is 11.6 Å². The van der Waals surface area contributed by atoms with E-state index in [1.165, 1.54) is 30.5 Å². The number of amides is 1. The first-order valence-corrected chi connectivity index (χ1v) is 10.1. The standard InChI is InChI=1S/C22H15N9O4/c23-20-21(28-35-27-20)30-19(14-8-10-16(11-9-14)31(33)34)18(25-29-30)22(32)26-24-12-15-6-3-5-13-4-1-2-7-17(13)15/h1-12H,(H2,23,27)(H,26,32). The fourth-order valence-corrected chi connectivity index (χ4v) is 3.50. The number of carbonyl (C=O) groups excluding carboxylic acids is 1. The summed E-state index contributed by atoms with van der Waals surface area (Å²) in [5.41, 5.74) is 9.36. The summed E-state index contributed by atoms with van der Waals surface area (Å²) in [6.45, 7) is 0. The molecule has 1 amide bonds. The molecule has 0 aliphatic carbocycles. The number of nitrogen functional groups attached to an aromatic ring is 1. The number of hydrogen-bond acceptors (Lipinski definition) is 10. The van der Waals surface area contributed by atoms with Crippen molar-refractivity contribution in [1.82, 2.24) is 30.7 Å². The van der Waals surface area contributed by atoms with Crippen molar-refractivity contribution in [2.45, 2.75) is 0 Å². The van der Waals surface area contributed by atoms with Crippen LogP contribution in [-0.4, -0.2) is 42.4 Å². The zero-order valence-electron chi connectivity index (χ0n) is 17.8. The molecule has 0 saturated heterocycles. The highest BCUT2D eigenvalue weighted by Gasteiger charge is 2.25. The van der Waals surface area contributed by atoms with Crippen molar-refractivity contribution < 1.29 is 14.3 Å². The van der Waals surface area contributed by atoms with Gasteiger partial charge < -0.3 is 5.73 Å². The van der Waals surface area contributed by atoms with E-state index in [4.69, 9.17) is 5.73 Å². The topological polar surface area (TPSA) is 180 Å². The van der Waals surface area contributed by atoms with Crippen molar-refractivity contribution in [1.29, 1.82) is 0 Å². The minimum atomic E-state index is -0.670. The average Bonchev–Trinajstić information content (AvgIpc) is 3.50. The molecule has 5 rings (SSSR count). The van der Waals surface area contributed by atoms with Crippen LogP contribution in [0, 0.1) is 10.1 Å². The molecule has 13 heteroatoms. The SMILES string of the molecule is Nc1nonc1-n1nnc(C(=O)NN=Cc2cccc3ccccc23)c1-c1ccc([N+](=O)[O-])cc1. The number of nitrogens with one attached hydrogen (secondary N) is 1. The Labute approximate surface area is 196 Å². The molecule has 0 unspecified atom stereocenters. The molecule has 0 atom stereocenters. The Morgan fingerprint density at radius 1 is 1.09 bits per heavy atom. The van der Waals surface area contributed by atoms with Crippen LogP contribution in [0.25, 0.3) is 27.8 Å². The molecule has 3 aromatic carbocycles. The van der Waals surface area contributed by atoms with Crippen molar-refractivity contribution in [3.63, 3.8) is 0 Å². The maximum absolute atomic E-state index is 13.0. The van der Waals surface area contributed by atoms with Crippen LogP contribution in [0.15, 0.2) is 76.5 Å². The quantitative estimate of drug-likeness (QED) is 0.215. The molecule has 0 aliphatic rings. The van der Waals surface area contributed by atoms with Gasteiger partial charge in [0.2, 0.25) is 11.6 Å². The molecule has 35 heavy (non-hydrogen) atoms. The normalized spacial score (nSPS) is 11.2. The van der Waals surface area contributed by atoms with Crippen LogP contribution >= 0.6 is 0 Å². The largest absolute Gasteiger partial charge is 0.378 e. The van der Waals surface area contributed by atoms with Crippen molar-refractivity contribution in [2.75, 3.05) is 5.73 Å². The highest BCUT2D eigenvalue weighted by molar-refractivity contribution is 6.01. The Bertz CT molecular complexity index is 1580. The van der Waals surface area contributed by atoms with Crippen molar-refractivity contribution >= 4 is 34.4 Å². The third-order valence-electron chi connectivity index (χ3n) is 5.13. The van der Waals surface area contributed by atoms with Crippen LogP contribution in [-0.2, 0) is 0 Å². The molecule has 2 heterocycles. The number of benzene rings is 3. The lowest BCUT2D eigenvalue weighted by atomic mass is 10.1. The second-order valence-corrected chi connectivity index (χ2v) is 7.24. The summed E-state index contributed by atoms with van der Waals surface area (Å²) in [5, 5.41) is 32.2. The fourth-order valence-electron chi connectivity index (χ4n) is 3.50. The number of anilines is 1. The van der Waals surface area contributed by atoms with Crippen LogP contribution in [0.4, 0.5) is 11.5 Å². The predicted molar refractivity (Wildman–Crippen MR) is 125 cm³/mol. The van der Waals surface area contributed by atoms with Gasteiger partial charge in [-0.1, -0.05) is 47.7 Å². The first-order chi connectivity index (χ1) is 17.0. The van der Waals surface area contributed by atoms with Gasteiger partial charge in [-0.15, -0.1) is 5.10 Å². The van der Waals surface area contributed by atoms with E-state index in [0.717, 1.165) is 21.0 Å². The lowest BCUT2D eigenvalue weighted by molar-refractivity contribution is -0.384. The number of aromatic nitrogens is 5. The summed E-state index contributed by atoms with van der Waals surface area (Å²) in [6.07, 6.45) is 1.52. The Kier molecular flexibility index (Phi) is 5.39. The zero-order chi connectivity index (χ0) is 24.4. The monoisotopic (exact) mass is 469 g/mol. The molecule has 0 saturated carbocycles. The molecular formula is C22H15N9O4. The van der Waals surface area contributed by atoms with Crippen LogP contribution in [0.1, 0.15) is 16.1 Å². The molecule has 2 aromatic heterocycles. The summed E-state index contributed by atoms with van der Waals surface area (Å²) >= 11 is 0. The first kappa shape index (κ1) is 21.4. The maximum atomic E-state index is 13.0. The fraction of sp³-hybridized carbons (Fsp3) is 0. The van der Waals surface area contributed by atoms with E-state index in [1.54, 1.807) is 0 Å². The molecule has 13 nitrogen and oxygen atoms in total. The minimum absolute atomic E-state index is 0.00385. The van der Waals surface area contributed by atoms with Crippen molar-refractivity contribution in [3.05, 3.63) is 88.1 Å². The van der Waals surface area contributed by atoms with E-state index in [2.05, 4.69) is 35.8 Å². The molecule has 0 spiro atoms. The molecule has 172 valence electrons. The van der Waals surface area contributed by atoms with E-state index in [9.17, 15) is 14.9 Å². The number of hydrazone groups is 1. The lowest BCUT2D eigenvalue weighted by Gasteiger charge is -2.06. The number of rotatable bonds is 6. The number of carbonyl (C=O) groups is 1. The molecule has 0 fully saturated rings. The number of non-ortho nitro benzene ring substituents is 1. The van der Waals surface area contributed by atoms with E-state index in [-0.39, 0.29) is 28.7 Å². The van der Waals surface area contributed by atoms with Crippen LogP contribution in [0.3, 0.4) is 0 Å². The smallest absolute Gasteiger partial charge is 0.294 e.